The highest BCUT2D eigenvalue weighted by atomic mass is 35.5. The quantitative estimate of drug-likeness (QED) is 0.468. The van der Waals surface area contributed by atoms with Gasteiger partial charge in [0.1, 0.15) is 5.69 Å². The molecule has 1 N–H and O–H groups in total. The van der Waals surface area contributed by atoms with Crippen molar-refractivity contribution in [2.45, 2.75) is 13.0 Å². The molecule has 0 amide bonds. The predicted octanol–water partition coefficient (Wildman–Crippen LogP) is 5.22. The van der Waals surface area contributed by atoms with Crippen molar-refractivity contribution in [3.8, 4) is 17.3 Å². The van der Waals surface area contributed by atoms with Crippen molar-refractivity contribution < 1.29 is 0 Å². The molecule has 0 saturated carbocycles. The summed E-state index contributed by atoms with van der Waals surface area (Å²) in [6, 6.07) is 17.2. The van der Waals surface area contributed by atoms with E-state index in [0.717, 1.165) is 22.5 Å². The van der Waals surface area contributed by atoms with Crippen molar-refractivity contribution in [3.63, 3.8) is 0 Å². The van der Waals surface area contributed by atoms with E-state index in [-0.39, 0.29) is 0 Å². The summed E-state index contributed by atoms with van der Waals surface area (Å²) in [4.78, 5) is 0. The van der Waals surface area contributed by atoms with Gasteiger partial charge in [0.15, 0.2) is 0 Å². The molecule has 0 aliphatic heterocycles. The lowest BCUT2D eigenvalue weighted by Gasteiger charge is -2.02. The van der Waals surface area contributed by atoms with Crippen LogP contribution in [0.5, 0.6) is 0 Å². The average molecular weight is 384 g/mol. The Bertz CT molecular complexity index is 958. The maximum Gasteiger partial charge on any atom is 0.101 e. The van der Waals surface area contributed by atoms with Gasteiger partial charge in [-0.3, -0.25) is 10.1 Å². The number of nitrogens with zero attached hydrogens (tertiary/aromatic N) is 4. The van der Waals surface area contributed by atoms with E-state index in [2.05, 4.69) is 21.7 Å². The predicted molar refractivity (Wildman–Crippen MR) is 106 cm³/mol. The molecule has 0 radical (unpaired) electrons. The van der Waals surface area contributed by atoms with Gasteiger partial charge >= 0.3 is 0 Å². The highest BCUT2D eigenvalue weighted by molar-refractivity contribution is 6.42. The van der Waals surface area contributed by atoms with E-state index < -0.39 is 0 Å². The van der Waals surface area contributed by atoms with Crippen LogP contribution in [0.1, 0.15) is 12.0 Å². The van der Waals surface area contributed by atoms with E-state index in [0.29, 0.717) is 23.0 Å². The van der Waals surface area contributed by atoms with Crippen LogP contribution in [-0.4, -0.2) is 16.0 Å². The minimum atomic E-state index is 0.397. The van der Waals surface area contributed by atoms with Crippen LogP contribution in [0.25, 0.3) is 11.3 Å². The molecule has 7 heteroatoms. The number of aromatic nitrogens is 2. The zero-order chi connectivity index (χ0) is 18.4. The Balaban J connectivity index is 1.84. The lowest BCUT2D eigenvalue weighted by molar-refractivity contribution is 0.629. The van der Waals surface area contributed by atoms with Crippen molar-refractivity contribution in [3.05, 3.63) is 70.3 Å². The molecule has 0 spiro atoms. The summed E-state index contributed by atoms with van der Waals surface area (Å²) in [6.07, 6.45) is 3.97. The maximum atomic E-state index is 8.78. The summed E-state index contributed by atoms with van der Waals surface area (Å²) in [7, 11) is 0. The van der Waals surface area contributed by atoms with Gasteiger partial charge in [0.05, 0.1) is 41.0 Å². The van der Waals surface area contributed by atoms with Crippen molar-refractivity contribution in [1.29, 1.82) is 5.26 Å². The number of nitriles is 1. The van der Waals surface area contributed by atoms with Crippen molar-refractivity contribution in [2.24, 2.45) is 5.10 Å². The summed E-state index contributed by atoms with van der Waals surface area (Å²) >= 11 is 11.9. The molecule has 0 bridgehead atoms. The Morgan fingerprint density at radius 1 is 1.15 bits per heavy atom. The third kappa shape index (κ3) is 4.42. The lowest BCUT2D eigenvalue weighted by atomic mass is 10.1. The zero-order valence-corrected chi connectivity index (χ0v) is 15.2. The highest BCUT2D eigenvalue weighted by Gasteiger charge is 2.09. The fraction of sp³-hybridized carbons (Fsp3) is 0.105. The normalized spacial score (nSPS) is 10.8. The minimum Gasteiger partial charge on any atom is -0.278 e. The van der Waals surface area contributed by atoms with Crippen LogP contribution in [0.2, 0.25) is 10.0 Å². The topological polar surface area (TPSA) is 66.0 Å². The van der Waals surface area contributed by atoms with Crippen molar-refractivity contribution in [1.82, 2.24) is 9.78 Å². The molecule has 3 aromatic rings. The number of aryl methyl sites for hydroxylation is 1. The van der Waals surface area contributed by atoms with Gasteiger partial charge in [0.2, 0.25) is 0 Å². The molecule has 1 heterocycles. The summed E-state index contributed by atoms with van der Waals surface area (Å²) in [5, 5.41) is 18.6. The number of anilines is 1. The molecule has 0 fully saturated rings. The number of hydrogen-bond acceptors (Lipinski definition) is 4. The Morgan fingerprint density at radius 2 is 1.96 bits per heavy atom. The number of halogens is 2. The first-order chi connectivity index (χ1) is 12.7. The monoisotopic (exact) mass is 383 g/mol. The largest absolute Gasteiger partial charge is 0.278 e. The van der Waals surface area contributed by atoms with Gasteiger partial charge in [-0.1, -0.05) is 53.5 Å². The number of rotatable bonds is 6. The minimum absolute atomic E-state index is 0.397. The third-order valence-electron chi connectivity index (χ3n) is 3.61. The molecule has 5 nitrogen and oxygen atoms in total. The van der Waals surface area contributed by atoms with Gasteiger partial charge in [-0.2, -0.15) is 15.5 Å². The van der Waals surface area contributed by atoms with Gasteiger partial charge in [0, 0.05) is 17.3 Å². The number of hydrogen-bond donors (Lipinski definition) is 1. The summed E-state index contributed by atoms with van der Waals surface area (Å²) < 4.78 is 1.76. The fourth-order valence-electron chi connectivity index (χ4n) is 2.37. The van der Waals surface area contributed by atoms with E-state index >= 15 is 0 Å². The molecule has 130 valence electrons. The first kappa shape index (κ1) is 18.0. The zero-order valence-electron chi connectivity index (χ0n) is 13.7. The van der Waals surface area contributed by atoms with E-state index in [4.69, 9.17) is 28.5 Å². The SMILES string of the molecule is N#CCCn1cc(/C=N\Nc2ccc(Cl)c(Cl)c2)c(-c2ccccc2)n1. The van der Waals surface area contributed by atoms with E-state index in [1.807, 2.05) is 36.5 Å². The molecule has 2 aromatic carbocycles. The van der Waals surface area contributed by atoms with Crippen molar-refractivity contribution >= 4 is 35.1 Å². The lowest BCUT2D eigenvalue weighted by Crippen LogP contribution is -1.97. The average Bonchev–Trinajstić information content (AvgIpc) is 3.07. The Morgan fingerprint density at radius 3 is 2.69 bits per heavy atom. The third-order valence-corrected chi connectivity index (χ3v) is 4.35. The van der Waals surface area contributed by atoms with Crippen LogP contribution in [-0.2, 0) is 6.54 Å². The molecule has 1 aromatic heterocycles. The van der Waals surface area contributed by atoms with Gasteiger partial charge in [-0.15, -0.1) is 0 Å². The molecular formula is C19H15Cl2N5. The van der Waals surface area contributed by atoms with E-state index in [9.17, 15) is 0 Å². The molecule has 0 atom stereocenters. The summed E-state index contributed by atoms with van der Waals surface area (Å²) in [6.45, 7) is 0.532. The second-order valence-electron chi connectivity index (χ2n) is 5.47. The Hall–Kier alpha value is -2.81. The Labute approximate surface area is 161 Å². The molecule has 0 saturated heterocycles. The van der Waals surface area contributed by atoms with Gasteiger partial charge in [-0.25, -0.2) is 0 Å². The van der Waals surface area contributed by atoms with Gasteiger partial charge in [-0.05, 0) is 18.2 Å². The number of benzene rings is 2. The van der Waals surface area contributed by atoms with Crippen LogP contribution in [0.3, 0.4) is 0 Å². The van der Waals surface area contributed by atoms with Crippen LogP contribution in [0, 0.1) is 11.3 Å². The molecule has 26 heavy (non-hydrogen) atoms. The summed E-state index contributed by atoms with van der Waals surface area (Å²) in [5.41, 5.74) is 6.30. The first-order valence-electron chi connectivity index (χ1n) is 7.91. The molecule has 0 aliphatic rings. The Kier molecular flexibility index (Phi) is 5.90. The van der Waals surface area contributed by atoms with E-state index in [1.54, 1.807) is 29.1 Å². The second kappa shape index (κ2) is 8.52. The standard InChI is InChI=1S/C19H15Cl2N5/c20-17-8-7-16(11-18(17)21)24-23-12-15-13-26(10-4-9-22)25-19(15)14-5-2-1-3-6-14/h1-3,5-8,11-13,24H,4,10H2/b23-12-. The first-order valence-corrected chi connectivity index (χ1v) is 8.67. The second-order valence-corrected chi connectivity index (χ2v) is 6.28. The van der Waals surface area contributed by atoms with Crippen LogP contribution < -0.4 is 5.43 Å². The van der Waals surface area contributed by atoms with Crippen LogP contribution in [0.15, 0.2) is 59.8 Å². The fourth-order valence-corrected chi connectivity index (χ4v) is 2.67. The van der Waals surface area contributed by atoms with Crippen LogP contribution >= 0.6 is 23.2 Å². The number of hydrazone groups is 1. The van der Waals surface area contributed by atoms with Gasteiger partial charge in [0.25, 0.3) is 0 Å². The smallest absolute Gasteiger partial charge is 0.101 e. The molecule has 0 unspecified atom stereocenters. The summed E-state index contributed by atoms with van der Waals surface area (Å²) in [5.74, 6) is 0. The maximum absolute atomic E-state index is 8.78. The molecular weight excluding hydrogens is 369 g/mol. The van der Waals surface area contributed by atoms with Crippen molar-refractivity contribution in [2.75, 3.05) is 5.43 Å². The van der Waals surface area contributed by atoms with E-state index in [1.165, 1.54) is 0 Å². The van der Waals surface area contributed by atoms with Crippen LogP contribution in [0.4, 0.5) is 5.69 Å². The number of nitrogens with one attached hydrogen (secondary N) is 1. The van der Waals surface area contributed by atoms with Gasteiger partial charge < -0.3 is 0 Å². The molecule has 0 aliphatic carbocycles. The molecule has 3 rings (SSSR count). The highest BCUT2D eigenvalue weighted by Crippen LogP contribution is 2.25.